The maximum Gasteiger partial charge on any atom is 0.156 e. The van der Waals surface area contributed by atoms with Crippen LogP contribution >= 0.6 is 11.8 Å². The van der Waals surface area contributed by atoms with Gasteiger partial charge in [-0.3, -0.25) is 0 Å². The van der Waals surface area contributed by atoms with Crippen molar-refractivity contribution in [1.82, 2.24) is 19.5 Å². The van der Waals surface area contributed by atoms with Gasteiger partial charge in [-0.1, -0.05) is 0 Å². The number of imidazole rings is 1. The summed E-state index contributed by atoms with van der Waals surface area (Å²) in [6.07, 6.45) is 9.88. The maximum absolute atomic E-state index is 5.69. The van der Waals surface area contributed by atoms with Gasteiger partial charge in [-0.05, 0) is 6.42 Å². The van der Waals surface area contributed by atoms with Crippen LogP contribution in [-0.4, -0.2) is 25.3 Å². The fraction of sp³-hybridized carbons (Fsp3) is 0.300. The van der Waals surface area contributed by atoms with Crippen molar-refractivity contribution in [3.05, 3.63) is 31.1 Å². The van der Waals surface area contributed by atoms with Crippen molar-refractivity contribution in [2.24, 2.45) is 0 Å². The Kier molecular flexibility index (Phi) is 3.76. The highest BCUT2D eigenvalue weighted by molar-refractivity contribution is 7.99. The number of hydrogen-bond donors (Lipinski definition) is 1. The monoisotopic (exact) mass is 235 g/mol. The number of thioether (sulfide) groups is 1. The SMILES string of the molecule is Nc1nccnc1SCCCn1ccnc1. The van der Waals surface area contributed by atoms with E-state index in [1.807, 2.05) is 12.5 Å². The molecule has 0 unspecified atom stereocenters. The smallest absolute Gasteiger partial charge is 0.156 e. The lowest BCUT2D eigenvalue weighted by Crippen LogP contribution is -1.98. The van der Waals surface area contributed by atoms with Gasteiger partial charge in [-0.25, -0.2) is 15.0 Å². The largest absolute Gasteiger partial charge is 0.381 e. The van der Waals surface area contributed by atoms with E-state index in [-0.39, 0.29) is 0 Å². The molecule has 6 heteroatoms. The van der Waals surface area contributed by atoms with Crippen LogP contribution in [0.4, 0.5) is 5.82 Å². The Bertz CT molecular complexity index is 429. The summed E-state index contributed by atoms with van der Waals surface area (Å²) in [5.74, 6) is 1.48. The topological polar surface area (TPSA) is 69.6 Å². The van der Waals surface area contributed by atoms with Gasteiger partial charge in [-0.15, -0.1) is 11.8 Å². The molecule has 0 aliphatic heterocycles. The van der Waals surface area contributed by atoms with Gasteiger partial charge in [0.25, 0.3) is 0 Å². The summed E-state index contributed by atoms with van der Waals surface area (Å²) in [5, 5.41) is 0.813. The van der Waals surface area contributed by atoms with Crippen molar-refractivity contribution in [3.63, 3.8) is 0 Å². The second kappa shape index (κ2) is 5.50. The van der Waals surface area contributed by atoms with Crippen LogP contribution in [0.5, 0.6) is 0 Å². The first-order valence-electron chi connectivity index (χ1n) is 5.01. The number of nitrogen functional groups attached to an aromatic ring is 1. The fourth-order valence-corrected chi connectivity index (χ4v) is 2.08. The predicted octanol–water partition coefficient (Wildman–Crippen LogP) is 1.44. The van der Waals surface area contributed by atoms with Gasteiger partial charge in [-0.2, -0.15) is 0 Å². The summed E-state index contributed by atoms with van der Waals surface area (Å²) < 4.78 is 2.06. The Morgan fingerprint density at radius 3 is 2.88 bits per heavy atom. The number of anilines is 1. The van der Waals surface area contributed by atoms with Crippen molar-refractivity contribution in [1.29, 1.82) is 0 Å². The average Bonchev–Trinajstić information content (AvgIpc) is 2.79. The first-order valence-corrected chi connectivity index (χ1v) is 6.00. The Labute approximate surface area is 98.1 Å². The zero-order valence-electron chi connectivity index (χ0n) is 8.78. The van der Waals surface area contributed by atoms with Crippen molar-refractivity contribution < 1.29 is 0 Å². The summed E-state index contributed by atoms with van der Waals surface area (Å²) >= 11 is 1.64. The van der Waals surface area contributed by atoms with E-state index >= 15 is 0 Å². The van der Waals surface area contributed by atoms with E-state index in [1.54, 1.807) is 30.4 Å². The zero-order chi connectivity index (χ0) is 11.2. The van der Waals surface area contributed by atoms with Gasteiger partial charge in [0.05, 0.1) is 6.33 Å². The number of hydrogen-bond acceptors (Lipinski definition) is 5. The lowest BCUT2D eigenvalue weighted by atomic mass is 10.5. The first-order chi connectivity index (χ1) is 7.86. The molecule has 0 spiro atoms. The molecule has 2 aromatic rings. The molecule has 0 saturated carbocycles. The molecule has 16 heavy (non-hydrogen) atoms. The number of nitrogens with zero attached hydrogens (tertiary/aromatic N) is 4. The minimum atomic E-state index is 0.509. The van der Waals surface area contributed by atoms with Crippen molar-refractivity contribution >= 4 is 17.6 Å². The molecule has 0 atom stereocenters. The van der Waals surface area contributed by atoms with Gasteiger partial charge in [0, 0.05) is 37.1 Å². The summed E-state index contributed by atoms with van der Waals surface area (Å²) in [5.41, 5.74) is 5.69. The Balaban J connectivity index is 1.74. The highest BCUT2D eigenvalue weighted by atomic mass is 32.2. The minimum absolute atomic E-state index is 0.509. The Morgan fingerprint density at radius 1 is 1.25 bits per heavy atom. The summed E-state index contributed by atoms with van der Waals surface area (Å²) in [4.78, 5) is 12.1. The van der Waals surface area contributed by atoms with Crippen molar-refractivity contribution in [3.8, 4) is 0 Å². The number of nitrogens with two attached hydrogens (primary N) is 1. The Hall–Kier alpha value is -1.56. The second-order valence-electron chi connectivity index (χ2n) is 3.25. The van der Waals surface area contributed by atoms with Gasteiger partial charge < -0.3 is 10.3 Å². The second-order valence-corrected chi connectivity index (χ2v) is 4.33. The molecule has 0 radical (unpaired) electrons. The van der Waals surface area contributed by atoms with Crippen LogP contribution in [0, 0.1) is 0 Å². The first kappa shape index (κ1) is 10.9. The number of aryl methyl sites for hydroxylation is 1. The minimum Gasteiger partial charge on any atom is -0.381 e. The third-order valence-corrected chi connectivity index (χ3v) is 3.13. The van der Waals surface area contributed by atoms with E-state index in [0.717, 1.165) is 23.7 Å². The van der Waals surface area contributed by atoms with Gasteiger partial charge in [0.2, 0.25) is 0 Å². The molecule has 0 aromatic carbocycles. The maximum atomic E-state index is 5.69. The van der Waals surface area contributed by atoms with Gasteiger partial charge in [0.15, 0.2) is 5.82 Å². The van der Waals surface area contributed by atoms with E-state index in [0.29, 0.717) is 5.82 Å². The molecule has 0 saturated heterocycles. The van der Waals surface area contributed by atoms with E-state index in [1.165, 1.54) is 0 Å². The summed E-state index contributed by atoms with van der Waals surface area (Å²) in [6, 6.07) is 0. The number of rotatable bonds is 5. The molecule has 2 rings (SSSR count). The Morgan fingerprint density at radius 2 is 2.12 bits per heavy atom. The van der Waals surface area contributed by atoms with E-state index in [4.69, 9.17) is 5.73 Å². The molecule has 0 fully saturated rings. The highest BCUT2D eigenvalue weighted by Crippen LogP contribution is 2.20. The fourth-order valence-electron chi connectivity index (χ4n) is 1.28. The molecule has 0 aliphatic rings. The molecular weight excluding hydrogens is 222 g/mol. The molecule has 2 aromatic heterocycles. The van der Waals surface area contributed by atoms with E-state index in [2.05, 4.69) is 19.5 Å². The van der Waals surface area contributed by atoms with Gasteiger partial charge >= 0.3 is 0 Å². The zero-order valence-corrected chi connectivity index (χ0v) is 9.60. The summed E-state index contributed by atoms with van der Waals surface area (Å²) in [6.45, 7) is 0.965. The predicted molar refractivity (Wildman–Crippen MR) is 64.0 cm³/mol. The standard InChI is InChI=1S/C10H13N5S/c11-9-10(14-3-2-13-9)16-7-1-5-15-6-4-12-8-15/h2-4,6,8H,1,5,7H2,(H2,11,13). The van der Waals surface area contributed by atoms with Gasteiger partial charge in [0.1, 0.15) is 5.03 Å². The van der Waals surface area contributed by atoms with E-state index in [9.17, 15) is 0 Å². The molecule has 2 heterocycles. The third kappa shape index (κ3) is 2.96. The average molecular weight is 235 g/mol. The van der Waals surface area contributed by atoms with Crippen LogP contribution in [0.15, 0.2) is 36.1 Å². The molecule has 2 N–H and O–H groups in total. The van der Waals surface area contributed by atoms with Crippen LogP contribution < -0.4 is 5.73 Å². The van der Waals surface area contributed by atoms with Crippen LogP contribution in [0.25, 0.3) is 0 Å². The van der Waals surface area contributed by atoms with Crippen LogP contribution in [0.3, 0.4) is 0 Å². The summed E-state index contributed by atoms with van der Waals surface area (Å²) in [7, 11) is 0. The van der Waals surface area contributed by atoms with Crippen LogP contribution in [-0.2, 0) is 6.54 Å². The van der Waals surface area contributed by atoms with Crippen molar-refractivity contribution in [2.75, 3.05) is 11.5 Å². The molecule has 0 bridgehead atoms. The van der Waals surface area contributed by atoms with Crippen LogP contribution in [0.2, 0.25) is 0 Å². The number of aromatic nitrogens is 4. The lowest BCUT2D eigenvalue weighted by Gasteiger charge is -2.03. The normalized spacial score (nSPS) is 10.5. The molecular formula is C10H13N5S. The molecule has 0 aliphatic carbocycles. The molecule has 5 nitrogen and oxygen atoms in total. The molecule has 0 amide bonds. The third-order valence-electron chi connectivity index (χ3n) is 2.05. The quantitative estimate of drug-likeness (QED) is 0.627. The van der Waals surface area contributed by atoms with Crippen molar-refractivity contribution in [2.45, 2.75) is 18.0 Å². The molecule has 84 valence electrons. The highest BCUT2D eigenvalue weighted by Gasteiger charge is 2.01. The van der Waals surface area contributed by atoms with Crippen LogP contribution in [0.1, 0.15) is 6.42 Å². The lowest BCUT2D eigenvalue weighted by molar-refractivity contribution is 0.683. The van der Waals surface area contributed by atoms with E-state index < -0.39 is 0 Å².